The SMILES string of the molecule is CCSc1ccc(C(NC)C(=O)NC)cc1. The van der Waals surface area contributed by atoms with Gasteiger partial charge in [0.1, 0.15) is 6.04 Å². The molecule has 0 fully saturated rings. The Kier molecular flexibility index (Phi) is 5.35. The summed E-state index contributed by atoms with van der Waals surface area (Å²) in [6.07, 6.45) is 0. The molecule has 0 aromatic heterocycles. The molecule has 0 bridgehead atoms. The molecule has 0 saturated heterocycles. The van der Waals surface area contributed by atoms with Gasteiger partial charge in [0, 0.05) is 11.9 Å². The van der Waals surface area contributed by atoms with Crippen molar-refractivity contribution in [1.29, 1.82) is 0 Å². The number of benzene rings is 1. The molecule has 4 heteroatoms. The van der Waals surface area contributed by atoms with Gasteiger partial charge in [-0.15, -0.1) is 11.8 Å². The van der Waals surface area contributed by atoms with Crippen molar-refractivity contribution in [3.8, 4) is 0 Å². The van der Waals surface area contributed by atoms with Crippen molar-refractivity contribution >= 4 is 17.7 Å². The Morgan fingerprint density at radius 2 is 1.94 bits per heavy atom. The zero-order chi connectivity index (χ0) is 12.0. The molecule has 1 atom stereocenters. The fourth-order valence-corrected chi connectivity index (χ4v) is 2.18. The third kappa shape index (κ3) is 3.25. The van der Waals surface area contributed by atoms with E-state index in [1.54, 1.807) is 25.9 Å². The minimum Gasteiger partial charge on any atom is -0.358 e. The van der Waals surface area contributed by atoms with Gasteiger partial charge in [-0.1, -0.05) is 19.1 Å². The molecule has 1 aromatic carbocycles. The van der Waals surface area contributed by atoms with E-state index < -0.39 is 0 Å². The van der Waals surface area contributed by atoms with Crippen LogP contribution >= 0.6 is 11.8 Å². The molecule has 1 rings (SSSR count). The molecule has 0 aliphatic carbocycles. The van der Waals surface area contributed by atoms with Gasteiger partial charge in [-0.2, -0.15) is 0 Å². The van der Waals surface area contributed by atoms with Crippen molar-refractivity contribution in [2.75, 3.05) is 19.8 Å². The predicted octanol–water partition coefficient (Wildman–Crippen LogP) is 1.81. The molecule has 1 aromatic rings. The topological polar surface area (TPSA) is 41.1 Å². The predicted molar refractivity (Wildman–Crippen MR) is 68.7 cm³/mol. The van der Waals surface area contributed by atoms with Crippen LogP contribution in [0.2, 0.25) is 0 Å². The Labute approximate surface area is 101 Å². The normalized spacial score (nSPS) is 12.2. The van der Waals surface area contributed by atoms with Gasteiger partial charge in [0.2, 0.25) is 5.91 Å². The van der Waals surface area contributed by atoms with Crippen LogP contribution in [-0.2, 0) is 4.79 Å². The van der Waals surface area contributed by atoms with Crippen LogP contribution in [0.1, 0.15) is 18.5 Å². The van der Waals surface area contributed by atoms with Crippen molar-refractivity contribution in [3.05, 3.63) is 29.8 Å². The fourth-order valence-electron chi connectivity index (χ4n) is 1.52. The highest BCUT2D eigenvalue weighted by molar-refractivity contribution is 7.99. The van der Waals surface area contributed by atoms with Crippen LogP contribution < -0.4 is 10.6 Å². The first-order chi connectivity index (χ1) is 7.72. The van der Waals surface area contributed by atoms with Crippen molar-refractivity contribution in [1.82, 2.24) is 10.6 Å². The summed E-state index contributed by atoms with van der Waals surface area (Å²) in [5.74, 6) is 1.04. The summed E-state index contributed by atoms with van der Waals surface area (Å²) in [6.45, 7) is 2.12. The second-order valence-electron chi connectivity index (χ2n) is 3.34. The molecule has 16 heavy (non-hydrogen) atoms. The van der Waals surface area contributed by atoms with Gasteiger partial charge in [-0.25, -0.2) is 0 Å². The summed E-state index contributed by atoms with van der Waals surface area (Å²) in [5.41, 5.74) is 0.988. The van der Waals surface area contributed by atoms with Crippen LogP contribution in [0.3, 0.4) is 0 Å². The zero-order valence-electron chi connectivity index (χ0n) is 9.91. The molecular formula is C12H18N2OS. The number of hydrogen-bond acceptors (Lipinski definition) is 3. The average molecular weight is 238 g/mol. The molecule has 0 aliphatic heterocycles. The number of hydrogen-bond donors (Lipinski definition) is 2. The van der Waals surface area contributed by atoms with Crippen LogP contribution in [-0.4, -0.2) is 25.8 Å². The maximum atomic E-state index is 11.6. The van der Waals surface area contributed by atoms with E-state index in [0.717, 1.165) is 11.3 Å². The van der Waals surface area contributed by atoms with Crippen molar-refractivity contribution in [3.63, 3.8) is 0 Å². The number of amides is 1. The second kappa shape index (κ2) is 6.55. The van der Waals surface area contributed by atoms with Gasteiger partial charge in [0.05, 0.1) is 0 Å². The summed E-state index contributed by atoms with van der Waals surface area (Å²) in [6, 6.07) is 7.82. The Bertz CT molecular complexity index is 337. The summed E-state index contributed by atoms with van der Waals surface area (Å²) >= 11 is 1.80. The lowest BCUT2D eigenvalue weighted by Gasteiger charge is -2.15. The molecule has 0 radical (unpaired) electrons. The largest absolute Gasteiger partial charge is 0.358 e. The number of likely N-dealkylation sites (N-methyl/N-ethyl adjacent to an activating group) is 2. The molecule has 1 amide bonds. The van der Waals surface area contributed by atoms with E-state index in [1.165, 1.54) is 4.90 Å². The Morgan fingerprint density at radius 1 is 1.31 bits per heavy atom. The highest BCUT2D eigenvalue weighted by Crippen LogP contribution is 2.20. The first kappa shape index (κ1) is 13.1. The van der Waals surface area contributed by atoms with E-state index in [9.17, 15) is 4.79 Å². The minimum atomic E-state index is -0.273. The highest BCUT2D eigenvalue weighted by Gasteiger charge is 2.16. The number of carbonyl (C=O) groups is 1. The van der Waals surface area contributed by atoms with Crippen LogP contribution in [0.25, 0.3) is 0 Å². The second-order valence-corrected chi connectivity index (χ2v) is 4.68. The third-order valence-corrected chi connectivity index (χ3v) is 3.22. The van der Waals surface area contributed by atoms with Gasteiger partial charge in [0.25, 0.3) is 0 Å². The van der Waals surface area contributed by atoms with E-state index >= 15 is 0 Å². The van der Waals surface area contributed by atoms with Crippen LogP contribution in [0.5, 0.6) is 0 Å². The molecule has 0 heterocycles. The quantitative estimate of drug-likeness (QED) is 0.769. The van der Waals surface area contributed by atoms with Gasteiger partial charge in [-0.05, 0) is 30.5 Å². The Hall–Kier alpha value is -1.00. The Balaban J connectivity index is 2.82. The van der Waals surface area contributed by atoms with E-state index in [-0.39, 0.29) is 11.9 Å². The summed E-state index contributed by atoms with van der Waals surface area (Å²) in [4.78, 5) is 12.8. The van der Waals surface area contributed by atoms with Crippen LogP contribution in [0.4, 0.5) is 0 Å². The summed E-state index contributed by atoms with van der Waals surface area (Å²) in [5, 5.41) is 5.65. The maximum absolute atomic E-state index is 11.6. The molecule has 88 valence electrons. The smallest absolute Gasteiger partial charge is 0.241 e. The molecule has 0 aliphatic rings. The van der Waals surface area contributed by atoms with Gasteiger partial charge in [-0.3, -0.25) is 4.79 Å². The third-order valence-electron chi connectivity index (χ3n) is 2.32. The van der Waals surface area contributed by atoms with Crippen molar-refractivity contribution in [2.24, 2.45) is 0 Å². The molecule has 0 spiro atoms. The number of carbonyl (C=O) groups excluding carboxylic acids is 1. The Morgan fingerprint density at radius 3 is 2.38 bits per heavy atom. The molecule has 2 N–H and O–H groups in total. The van der Waals surface area contributed by atoms with E-state index in [1.807, 2.05) is 12.1 Å². The van der Waals surface area contributed by atoms with E-state index in [0.29, 0.717) is 0 Å². The fraction of sp³-hybridized carbons (Fsp3) is 0.417. The number of thioether (sulfide) groups is 1. The summed E-state index contributed by atoms with van der Waals surface area (Å²) in [7, 11) is 3.43. The minimum absolute atomic E-state index is 0.0154. The lowest BCUT2D eigenvalue weighted by Crippen LogP contribution is -2.33. The van der Waals surface area contributed by atoms with Gasteiger partial charge >= 0.3 is 0 Å². The van der Waals surface area contributed by atoms with Crippen molar-refractivity contribution in [2.45, 2.75) is 17.9 Å². The maximum Gasteiger partial charge on any atom is 0.241 e. The highest BCUT2D eigenvalue weighted by atomic mass is 32.2. The van der Waals surface area contributed by atoms with Crippen molar-refractivity contribution < 1.29 is 4.79 Å². The van der Waals surface area contributed by atoms with Gasteiger partial charge < -0.3 is 10.6 Å². The zero-order valence-corrected chi connectivity index (χ0v) is 10.7. The first-order valence-electron chi connectivity index (χ1n) is 5.34. The van der Waals surface area contributed by atoms with Gasteiger partial charge in [0.15, 0.2) is 0 Å². The lowest BCUT2D eigenvalue weighted by atomic mass is 10.1. The number of rotatable bonds is 5. The lowest BCUT2D eigenvalue weighted by molar-refractivity contribution is -0.122. The summed E-state index contributed by atoms with van der Waals surface area (Å²) < 4.78 is 0. The molecule has 3 nitrogen and oxygen atoms in total. The van der Waals surface area contributed by atoms with Crippen LogP contribution in [0, 0.1) is 0 Å². The van der Waals surface area contributed by atoms with E-state index in [2.05, 4.69) is 29.7 Å². The standard InChI is InChI=1S/C12H18N2OS/c1-4-16-10-7-5-9(6-8-10)11(13-2)12(15)14-3/h5-8,11,13H,4H2,1-3H3,(H,14,15). The monoisotopic (exact) mass is 238 g/mol. The average Bonchev–Trinajstić information content (AvgIpc) is 2.32. The number of nitrogens with one attached hydrogen (secondary N) is 2. The molecule has 1 unspecified atom stereocenters. The van der Waals surface area contributed by atoms with E-state index in [4.69, 9.17) is 0 Å². The first-order valence-corrected chi connectivity index (χ1v) is 6.33. The van der Waals surface area contributed by atoms with Crippen LogP contribution in [0.15, 0.2) is 29.2 Å². The molecule has 0 saturated carbocycles. The molecular weight excluding hydrogens is 220 g/mol.